The van der Waals surface area contributed by atoms with E-state index in [1.165, 1.54) is 0 Å². The second-order valence-corrected chi connectivity index (χ2v) is 7.04. The number of halogens is 8. The van der Waals surface area contributed by atoms with Gasteiger partial charge in [-0.25, -0.2) is 9.59 Å². The van der Waals surface area contributed by atoms with Crippen molar-refractivity contribution in [1.29, 1.82) is 0 Å². The van der Waals surface area contributed by atoms with E-state index in [1.807, 2.05) is 0 Å². The average molecular weight is 482 g/mol. The molecule has 0 aromatic rings. The van der Waals surface area contributed by atoms with Gasteiger partial charge in [-0.15, -0.1) is 0 Å². The fourth-order valence-corrected chi connectivity index (χ4v) is 1.74. The highest BCUT2D eigenvalue weighted by Crippen LogP contribution is 2.38. The number of hydrogen-bond acceptors (Lipinski definition) is 7. The predicted molar refractivity (Wildman–Crippen MR) is 78.4 cm³/mol. The minimum absolute atomic E-state index is 0.765. The highest BCUT2D eigenvalue weighted by Gasteiger charge is 2.68. The number of esters is 2. The molecule has 1 N–H and O–H groups in total. The molecule has 1 atom stereocenters. The van der Waals surface area contributed by atoms with Gasteiger partial charge < -0.3 is 14.2 Å². The van der Waals surface area contributed by atoms with Crippen molar-refractivity contribution in [1.82, 2.24) is 0 Å². The number of carbonyl (C=O) groups is 2. The van der Waals surface area contributed by atoms with Crippen LogP contribution in [0.4, 0.5) is 35.1 Å². The third kappa shape index (κ3) is 7.67. The Kier molecular flexibility index (Phi) is 8.79. The number of carbonyl (C=O) groups excluding carboxylic acids is 2. The van der Waals surface area contributed by atoms with Crippen LogP contribution < -0.4 is 0 Å². The van der Waals surface area contributed by atoms with Crippen molar-refractivity contribution in [2.45, 2.75) is 43.2 Å². The van der Waals surface area contributed by atoms with Crippen LogP contribution in [0.2, 0.25) is 0 Å². The molecule has 0 saturated carbocycles. The molecule has 0 amide bonds. The van der Waals surface area contributed by atoms with E-state index in [2.05, 4.69) is 20.8 Å². The van der Waals surface area contributed by atoms with Gasteiger partial charge in [-0.2, -0.15) is 43.5 Å². The quantitative estimate of drug-likeness (QED) is 0.166. The van der Waals surface area contributed by atoms with Gasteiger partial charge in [0.25, 0.3) is 0 Å². The summed E-state index contributed by atoms with van der Waals surface area (Å²) in [5.41, 5.74) is -0.765. The molecule has 0 aromatic heterocycles. The third-order valence-corrected chi connectivity index (χ3v) is 3.88. The van der Waals surface area contributed by atoms with Gasteiger partial charge in [0.05, 0.1) is 19.4 Å². The molecule has 176 valence electrons. The van der Waals surface area contributed by atoms with Crippen LogP contribution >= 0.6 is 0 Å². The van der Waals surface area contributed by atoms with E-state index < -0.39 is 77.1 Å². The zero-order valence-electron chi connectivity index (χ0n) is 14.8. The zero-order chi connectivity index (χ0) is 24.2. The first-order valence-corrected chi connectivity index (χ1v) is 8.78. The Labute approximate surface area is 163 Å². The molecule has 0 heterocycles. The van der Waals surface area contributed by atoms with E-state index in [0.717, 1.165) is 6.92 Å². The Hall–Kier alpha value is -2.01. The van der Waals surface area contributed by atoms with Crippen LogP contribution in [-0.4, -0.2) is 61.5 Å². The molecule has 17 heteroatoms. The largest absolute Gasteiger partial charge is 0.468 e. The van der Waals surface area contributed by atoms with Crippen LogP contribution in [0.25, 0.3) is 0 Å². The highest BCUT2D eigenvalue weighted by atomic mass is 32.2. The lowest BCUT2D eigenvalue weighted by Gasteiger charge is -2.32. The lowest BCUT2D eigenvalue weighted by molar-refractivity contribution is -0.356. The first-order valence-electron chi connectivity index (χ1n) is 7.34. The SMILES string of the molecule is C=C(C)C(=O)OC(OCCC(F)(F)S(=O)(=O)O)(C(=O)OCCC(F)(F)F)C(F)(F)F. The normalized spacial score (nSPS) is 15.3. The Bertz CT molecular complexity index is 758. The van der Waals surface area contributed by atoms with E-state index >= 15 is 0 Å². The van der Waals surface area contributed by atoms with Crippen LogP contribution in [0.5, 0.6) is 0 Å². The summed E-state index contributed by atoms with van der Waals surface area (Å²) in [7, 11) is -6.10. The first kappa shape index (κ1) is 28.0. The molecule has 0 aliphatic heterocycles. The van der Waals surface area contributed by atoms with Gasteiger partial charge in [-0.3, -0.25) is 4.55 Å². The number of rotatable bonds is 10. The summed E-state index contributed by atoms with van der Waals surface area (Å²) in [4.78, 5) is 23.3. The van der Waals surface area contributed by atoms with Gasteiger partial charge in [0.2, 0.25) is 0 Å². The third-order valence-electron chi connectivity index (χ3n) is 2.92. The maximum Gasteiger partial charge on any atom is 0.468 e. The Morgan fingerprint density at radius 3 is 1.83 bits per heavy atom. The molecule has 0 rings (SSSR count). The van der Waals surface area contributed by atoms with Crippen molar-refractivity contribution in [2.24, 2.45) is 0 Å². The van der Waals surface area contributed by atoms with Gasteiger partial charge in [0, 0.05) is 5.57 Å². The zero-order valence-corrected chi connectivity index (χ0v) is 15.6. The smallest absolute Gasteiger partial charge is 0.460 e. The van der Waals surface area contributed by atoms with Crippen LogP contribution in [0.3, 0.4) is 0 Å². The molecule has 0 fully saturated rings. The number of hydrogen-bond donors (Lipinski definition) is 1. The molecule has 0 radical (unpaired) electrons. The highest BCUT2D eigenvalue weighted by molar-refractivity contribution is 7.86. The molecular weight excluding hydrogens is 468 g/mol. The van der Waals surface area contributed by atoms with Crippen LogP contribution in [0.1, 0.15) is 19.8 Å². The van der Waals surface area contributed by atoms with Gasteiger partial charge in [0.1, 0.15) is 6.61 Å². The molecule has 0 spiro atoms. The molecule has 0 aromatic carbocycles. The summed E-state index contributed by atoms with van der Waals surface area (Å²) in [6, 6.07) is 0. The monoisotopic (exact) mass is 482 g/mol. The summed E-state index contributed by atoms with van der Waals surface area (Å²) in [6.45, 7) is 0.0256. The topological polar surface area (TPSA) is 116 Å². The molecule has 1 unspecified atom stereocenters. The summed E-state index contributed by atoms with van der Waals surface area (Å²) in [6.07, 6.45) is -15.1. The van der Waals surface area contributed by atoms with E-state index in [-0.39, 0.29) is 0 Å². The Balaban J connectivity index is 5.87. The van der Waals surface area contributed by atoms with E-state index in [0.29, 0.717) is 0 Å². The summed E-state index contributed by atoms with van der Waals surface area (Å²) in [5, 5.41) is -5.04. The molecule has 30 heavy (non-hydrogen) atoms. The standard InChI is InChI=1S/C13H14F8O8S/c1-7(2)8(22)29-12(13(19,20)21,9(23)27-5-3-10(14,15)16)28-6-4-11(17,18)30(24,25)26/h1,3-6H2,2H3,(H,24,25,26). The molecule has 0 saturated heterocycles. The van der Waals surface area contributed by atoms with E-state index in [4.69, 9.17) is 4.55 Å². The van der Waals surface area contributed by atoms with E-state index in [1.54, 1.807) is 0 Å². The average Bonchev–Trinajstić information content (AvgIpc) is 2.49. The van der Waals surface area contributed by atoms with Crippen molar-refractivity contribution in [3.63, 3.8) is 0 Å². The van der Waals surface area contributed by atoms with Gasteiger partial charge in [0.15, 0.2) is 0 Å². The Morgan fingerprint density at radius 1 is 0.967 bits per heavy atom. The maximum absolute atomic E-state index is 13.5. The van der Waals surface area contributed by atoms with Crippen molar-refractivity contribution >= 4 is 22.1 Å². The minimum Gasteiger partial charge on any atom is -0.460 e. The lowest BCUT2D eigenvalue weighted by Crippen LogP contribution is -2.58. The van der Waals surface area contributed by atoms with Gasteiger partial charge in [-0.1, -0.05) is 6.58 Å². The number of alkyl halides is 8. The summed E-state index contributed by atoms with van der Waals surface area (Å²) < 4.78 is 144. The van der Waals surface area contributed by atoms with E-state index in [9.17, 15) is 53.1 Å². The minimum atomic E-state index is -6.10. The van der Waals surface area contributed by atoms with Crippen molar-refractivity contribution < 1.29 is 71.9 Å². The molecule has 0 aliphatic rings. The molecule has 0 bridgehead atoms. The molecular formula is C13H14F8O8S. The fourth-order valence-electron chi connectivity index (χ4n) is 1.40. The first-order chi connectivity index (χ1) is 13.2. The molecule has 8 nitrogen and oxygen atoms in total. The van der Waals surface area contributed by atoms with Gasteiger partial charge in [-0.05, 0) is 6.92 Å². The van der Waals surface area contributed by atoms with Crippen LogP contribution in [0, 0.1) is 0 Å². The Morgan fingerprint density at radius 2 is 1.47 bits per heavy atom. The van der Waals surface area contributed by atoms with Crippen molar-refractivity contribution in [3.8, 4) is 0 Å². The predicted octanol–water partition coefficient (Wildman–Crippen LogP) is 2.75. The van der Waals surface area contributed by atoms with Crippen LogP contribution in [-0.2, 0) is 33.9 Å². The van der Waals surface area contributed by atoms with Crippen molar-refractivity contribution in [2.75, 3.05) is 13.2 Å². The maximum atomic E-state index is 13.5. The lowest BCUT2D eigenvalue weighted by atomic mass is 10.2. The van der Waals surface area contributed by atoms with Crippen molar-refractivity contribution in [3.05, 3.63) is 12.2 Å². The summed E-state index contributed by atoms with van der Waals surface area (Å²) >= 11 is 0. The molecule has 0 aliphatic carbocycles. The second-order valence-electron chi connectivity index (χ2n) is 5.50. The number of ether oxygens (including phenoxy) is 3. The van der Waals surface area contributed by atoms with Crippen LogP contribution in [0.15, 0.2) is 12.2 Å². The second kappa shape index (κ2) is 9.42. The summed E-state index contributed by atoms with van der Waals surface area (Å²) in [5.74, 6) is -9.56. The fraction of sp³-hybridized carbons (Fsp3) is 0.692. The van der Waals surface area contributed by atoms with Gasteiger partial charge >= 0.3 is 45.5 Å².